The largest absolute Gasteiger partial charge is 0.416 e. The lowest BCUT2D eigenvalue weighted by molar-refractivity contribution is -0.137. The predicted molar refractivity (Wildman–Crippen MR) is 80.7 cm³/mol. The molecule has 1 rings (SSSR count). The van der Waals surface area contributed by atoms with Crippen molar-refractivity contribution in [1.29, 1.82) is 0 Å². The summed E-state index contributed by atoms with van der Waals surface area (Å²) in [6.07, 6.45) is -4.37. The van der Waals surface area contributed by atoms with Gasteiger partial charge in [0.15, 0.2) is 0 Å². The van der Waals surface area contributed by atoms with Crippen LogP contribution in [0, 0.1) is 0 Å². The molecule has 0 aromatic heterocycles. The van der Waals surface area contributed by atoms with E-state index in [1.165, 1.54) is 6.07 Å². The molecule has 0 aliphatic carbocycles. The highest BCUT2D eigenvalue weighted by atomic mass is 35.5. The summed E-state index contributed by atoms with van der Waals surface area (Å²) >= 11 is 1.06. The van der Waals surface area contributed by atoms with Crippen molar-refractivity contribution in [2.24, 2.45) is 5.73 Å². The second-order valence-electron chi connectivity index (χ2n) is 5.08. The van der Waals surface area contributed by atoms with E-state index in [0.29, 0.717) is 11.4 Å². The second kappa shape index (κ2) is 7.91. The Balaban J connectivity index is 0.00000400. The van der Waals surface area contributed by atoms with E-state index in [4.69, 9.17) is 5.73 Å². The molecule has 0 unspecified atom stereocenters. The summed E-state index contributed by atoms with van der Waals surface area (Å²) < 4.78 is 37.5. The maximum atomic E-state index is 12.5. The van der Waals surface area contributed by atoms with Crippen molar-refractivity contribution in [2.75, 3.05) is 12.3 Å². The molecule has 0 bridgehead atoms. The van der Waals surface area contributed by atoms with Gasteiger partial charge in [0.05, 0.1) is 11.3 Å². The first-order chi connectivity index (χ1) is 9.08. The van der Waals surface area contributed by atoms with Crippen molar-refractivity contribution in [3.63, 3.8) is 0 Å². The highest BCUT2D eigenvalue weighted by Gasteiger charge is 2.30. The van der Waals surface area contributed by atoms with Gasteiger partial charge in [-0.2, -0.15) is 13.2 Å². The van der Waals surface area contributed by atoms with E-state index >= 15 is 0 Å². The average Bonchev–Trinajstić information content (AvgIpc) is 2.32. The fraction of sp³-hybridized carbons (Fsp3) is 0.462. The van der Waals surface area contributed by atoms with Crippen LogP contribution in [0.4, 0.5) is 13.2 Å². The van der Waals surface area contributed by atoms with E-state index in [9.17, 15) is 18.0 Å². The standard InChI is InChI=1S/C13H17F3N2OS.ClH/c1-12(2,17)8-18-11(19)7-20-10-5-3-4-9(6-10)13(14,15)16;/h3-6H,7-8,17H2,1-2H3,(H,18,19);1H. The molecular formula is C13H18ClF3N2OS. The minimum Gasteiger partial charge on any atom is -0.354 e. The Bertz CT molecular complexity index is 475. The summed E-state index contributed by atoms with van der Waals surface area (Å²) in [4.78, 5) is 11.9. The first-order valence-corrected chi connectivity index (χ1v) is 6.92. The Labute approximate surface area is 132 Å². The highest BCUT2D eigenvalue weighted by molar-refractivity contribution is 8.00. The van der Waals surface area contributed by atoms with Crippen molar-refractivity contribution in [2.45, 2.75) is 30.5 Å². The predicted octanol–water partition coefficient (Wildman–Crippen LogP) is 3.07. The van der Waals surface area contributed by atoms with E-state index in [1.54, 1.807) is 19.9 Å². The maximum Gasteiger partial charge on any atom is 0.416 e. The van der Waals surface area contributed by atoms with E-state index in [1.807, 2.05) is 0 Å². The Hall–Kier alpha value is -0.920. The molecule has 0 spiro atoms. The van der Waals surface area contributed by atoms with Gasteiger partial charge in [-0.25, -0.2) is 0 Å². The van der Waals surface area contributed by atoms with Crippen LogP contribution in [0.3, 0.4) is 0 Å². The van der Waals surface area contributed by atoms with Crippen LogP contribution in [0.5, 0.6) is 0 Å². The van der Waals surface area contributed by atoms with Gasteiger partial charge in [-0.05, 0) is 32.0 Å². The molecule has 0 atom stereocenters. The number of alkyl halides is 3. The summed E-state index contributed by atoms with van der Waals surface area (Å²) in [5.74, 6) is -0.205. The lowest BCUT2D eigenvalue weighted by Crippen LogP contribution is -2.45. The normalized spacial score (nSPS) is 11.7. The van der Waals surface area contributed by atoms with Gasteiger partial charge in [-0.1, -0.05) is 6.07 Å². The van der Waals surface area contributed by atoms with Crippen LogP contribution >= 0.6 is 24.2 Å². The molecule has 8 heteroatoms. The Morgan fingerprint density at radius 1 is 1.33 bits per heavy atom. The summed E-state index contributed by atoms with van der Waals surface area (Å²) in [6, 6.07) is 4.90. The lowest BCUT2D eigenvalue weighted by Gasteiger charge is -2.18. The minimum atomic E-state index is -4.37. The van der Waals surface area contributed by atoms with E-state index in [-0.39, 0.29) is 24.1 Å². The molecule has 0 aliphatic rings. The van der Waals surface area contributed by atoms with E-state index in [0.717, 1.165) is 23.9 Å². The SMILES string of the molecule is CC(C)(N)CNC(=O)CSc1cccc(C(F)(F)F)c1.Cl. The number of halogens is 4. The zero-order chi connectivity index (χ0) is 15.4. The first kappa shape index (κ1) is 20.1. The number of hydrogen-bond acceptors (Lipinski definition) is 3. The number of thioether (sulfide) groups is 1. The number of benzene rings is 1. The van der Waals surface area contributed by atoms with Crippen LogP contribution in [-0.2, 0) is 11.0 Å². The number of hydrogen-bond donors (Lipinski definition) is 2. The molecule has 120 valence electrons. The van der Waals surface area contributed by atoms with Crippen LogP contribution in [0.2, 0.25) is 0 Å². The summed E-state index contributed by atoms with van der Waals surface area (Å²) in [5.41, 5.74) is 4.48. The van der Waals surface area contributed by atoms with E-state index in [2.05, 4.69) is 5.32 Å². The first-order valence-electron chi connectivity index (χ1n) is 5.93. The van der Waals surface area contributed by atoms with E-state index < -0.39 is 17.3 Å². The van der Waals surface area contributed by atoms with Crippen LogP contribution in [-0.4, -0.2) is 23.7 Å². The maximum absolute atomic E-state index is 12.5. The molecular weight excluding hydrogens is 325 g/mol. The van der Waals surface area contributed by atoms with Crippen LogP contribution in [0.1, 0.15) is 19.4 Å². The number of rotatable bonds is 5. The Morgan fingerprint density at radius 2 is 1.95 bits per heavy atom. The van der Waals surface area contributed by atoms with Crippen LogP contribution in [0.25, 0.3) is 0 Å². The van der Waals surface area contributed by atoms with Crippen molar-refractivity contribution >= 4 is 30.1 Å². The smallest absolute Gasteiger partial charge is 0.354 e. The number of carbonyl (C=O) groups excluding carboxylic acids is 1. The summed E-state index contributed by atoms with van der Waals surface area (Å²) in [6.45, 7) is 3.86. The van der Waals surface area contributed by atoms with Crippen molar-refractivity contribution in [3.8, 4) is 0 Å². The minimum absolute atomic E-state index is 0. The fourth-order valence-corrected chi connectivity index (χ4v) is 2.07. The number of nitrogens with one attached hydrogen (secondary N) is 1. The molecule has 0 aliphatic heterocycles. The zero-order valence-corrected chi connectivity index (χ0v) is 13.3. The highest BCUT2D eigenvalue weighted by Crippen LogP contribution is 2.31. The molecule has 3 nitrogen and oxygen atoms in total. The molecule has 0 heterocycles. The number of amides is 1. The number of carbonyl (C=O) groups is 1. The third kappa shape index (κ3) is 8.18. The molecule has 1 aromatic carbocycles. The topological polar surface area (TPSA) is 55.1 Å². The molecule has 0 radical (unpaired) electrons. The third-order valence-corrected chi connectivity index (χ3v) is 3.27. The molecule has 21 heavy (non-hydrogen) atoms. The Kier molecular flexibility index (Phi) is 7.56. The third-order valence-electron chi connectivity index (χ3n) is 2.27. The zero-order valence-electron chi connectivity index (χ0n) is 11.7. The second-order valence-corrected chi connectivity index (χ2v) is 6.13. The van der Waals surface area contributed by atoms with Gasteiger partial charge in [-0.3, -0.25) is 4.79 Å². The van der Waals surface area contributed by atoms with Gasteiger partial charge < -0.3 is 11.1 Å². The molecule has 0 fully saturated rings. The monoisotopic (exact) mass is 342 g/mol. The molecule has 0 saturated carbocycles. The summed E-state index contributed by atoms with van der Waals surface area (Å²) in [7, 11) is 0. The quantitative estimate of drug-likeness (QED) is 0.809. The van der Waals surface area contributed by atoms with Gasteiger partial charge in [0.1, 0.15) is 0 Å². The van der Waals surface area contributed by atoms with Gasteiger partial charge >= 0.3 is 6.18 Å². The molecule has 1 aromatic rings. The molecule has 1 amide bonds. The van der Waals surface area contributed by atoms with Crippen molar-refractivity contribution < 1.29 is 18.0 Å². The van der Waals surface area contributed by atoms with Crippen molar-refractivity contribution in [3.05, 3.63) is 29.8 Å². The molecule has 0 saturated heterocycles. The van der Waals surface area contributed by atoms with Gasteiger partial charge in [0, 0.05) is 17.0 Å². The van der Waals surface area contributed by atoms with Gasteiger partial charge in [-0.15, -0.1) is 24.2 Å². The Morgan fingerprint density at radius 3 is 2.48 bits per heavy atom. The number of nitrogens with two attached hydrogens (primary N) is 1. The van der Waals surface area contributed by atoms with Gasteiger partial charge in [0.25, 0.3) is 0 Å². The lowest BCUT2D eigenvalue weighted by atomic mass is 10.1. The van der Waals surface area contributed by atoms with Crippen LogP contribution < -0.4 is 11.1 Å². The van der Waals surface area contributed by atoms with Gasteiger partial charge in [0.2, 0.25) is 5.91 Å². The average molecular weight is 343 g/mol. The summed E-state index contributed by atoms with van der Waals surface area (Å²) in [5, 5.41) is 2.63. The molecule has 3 N–H and O–H groups in total. The van der Waals surface area contributed by atoms with Crippen LogP contribution in [0.15, 0.2) is 29.2 Å². The fourth-order valence-electron chi connectivity index (χ4n) is 1.29. The van der Waals surface area contributed by atoms with Crippen molar-refractivity contribution in [1.82, 2.24) is 5.32 Å².